The van der Waals surface area contributed by atoms with Crippen molar-refractivity contribution in [2.24, 2.45) is 0 Å². The number of nitrogens with zero attached hydrogens (tertiary/aromatic N) is 3. The predicted octanol–water partition coefficient (Wildman–Crippen LogP) is 6.80. The molecule has 4 heterocycles. The van der Waals surface area contributed by atoms with Crippen LogP contribution in [0.4, 0.5) is 5.69 Å². The Morgan fingerprint density at radius 3 is 2.54 bits per heavy atom. The number of rotatable bonds is 7. The van der Waals surface area contributed by atoms with E-state index >= 15 is 0 Å². The van der Waals surface area contributed by atoms with Gasteiger partial charge < -0.3 is 23.9 Å². The lowest BCUT2D eigenvalue weighted by atomic mass is 10.0. The largest absolute Gasteiger partial charge is 0.467 e. The van der Waals surface area contributed by atoms with Crippen LogP contribution in [0.3, 0.4) is 0 Å². The molecule has 184 valence electrons. The maximum absolute atomic E-state index is 6.13. The molecule has 0 amide bonds. The van der Waals surface area contributed by atoms with Crippen molar-refractivity contribution in [3.63, 3.8) is 0 Å². The monoisotopic (exact) mass is 506 g/mol. The van der Waals surface area contributed by atoms with Gasteiger partial charge in [-0.05, 0) is 91.4 Å². The first kappa shape index (κ1) is 23.1. The van der Waals surface area contributed by atoms with Crippen molar-refractivity contribution in [2.45, 2.75) is 25.6 Å². The third kappa shape index (κ3) is 4.61. The topological polar surface area (TPSA) is 55.5 Å². The average Bonchev–Trinajstić information content (AvgIpc) is 3.67. The van der Waals surface area contributed by atoms with Gasteiger partial charge in [0.2, 0.25) is 0 Å². The Bertz CT molecular complexity index is 1500. The van der Waals surface area contributed by atoms with E-state index in [1.165, 1.54) is 0 Å². The van der Waals surface area contributed by atoms with Crippen molar-refractivity contribution in [1.82, 2.24) is 14.9 Å². The van der Waals surface area contributed by atoms with E-state index in [9.17, 15) is 0 Å². The summed E-state index contributed by atoms with van der Waals surface area (Å²) in [5.74, 6) is 2.51. The van der Waals surface area contributed by atoms with E-state index in [0.717, 1.165) is 39.9 Å². The van der Waals surface area contributed by atoms with Crippen LogP contribution in [-0.4, -0.2) is 14.7 Å². The maximum Gasteiger partial charge on any atom is 0.174 e. The summed E-state index contributed by atoms with van der Waals surface area (Å²) in [6, 6.07) is 29.9. The number of furan rings is 1. The maximum atomic E-state index is 6.13. The molecule has 0 radical (unpaired) electrons. The van der Waals surface area contributed by atoms with E-state index in [1.807, 2.05) is 79.9 Å². The van der Waals surface area contributed by atoms with Crippen molar-refractivity contribution in [2.75, 3.05) is 4.90 Å². The molecule has 2 atom stereocenters. The quantitative estimate of drug-likeness (QED) is 0.245. The van der Waals surface area contributed by atoms with Gasteiger partial charge in [0.1, 0.15) is 23.3 Å². The summed E-state index contributed by atoms with van der Waals surface area (Å²) in [4.78, 5) is 6.83. The summed E-state index contributed by atoms with van der Waals surface area (Å²) in [6.07, 6.45) is 5.60. The zero-order valence-electron chi connectivity index (χ0n) is 20.3. The lowest BCUT2D eigenvalue weighted by molar-refractivity contribution is 0.474. The van der Waals surface area contributed by atoms with Crippen LogP contribution in [0.25, 0.3) is 0 Å². The van der Waals surface area contributed by atoms with Gasteiger partial charge in [0.05, 0.1) is 24.5 Å². The van der Waals surface area contributed by atoms with Crippen molar-refractivity contribution in [3.05, 3.63) is 132 Å². The van der Waals surface area contributed by atoms with E-state index in [0.29, 0.717) is 11.7 Å². The molecule has 6 rings (SSSR count). The molecule has 2 aromatic carbocycles. The first-order chi connectivity index (χ1) is 18.2. The van der Waals surface area contributed by atoms with Crippen molar-refractivity contribution in [3.8, 4) is 11.5 Å². The average molecular weight is 507 g/mol. The molecule has 1 fully saturated rings. The SMILES string of the molecule is Cc1ccccc1Oc1ccc(N2C(=S)N[C@H](c3ccccn3)[C@H]2c2cccn2Cc2ccco2)cc1. The Kier molecular flexibility index (Phi) is 6.20. The number of hydrogen-bond donors (Lipinski definition) is 1. The number of benzene rings is 2. The van der Waals surface area contributed by atoms with E-state index in [4.69, 9.17) is 21.4 Å². The summed E-state index contributed by atoms with van der Waals surface area (Å²) in [7, 11) is 0. The van der Waals surface area contributed by atoms with E-state index in [1.54, 1.807) is 6.26 Å². The first-order valence-electron chi connectivity index (χ1n) is 12.2. The Morgan fingerprint density at radius 2 is 1.78 bits per heavy atom. The number of thiocarbonyl (C=S) groups is 1. The second-order valence-electron chi connectivity index (χ2n) is 9.00. The number of aromatic nitrogens is 2. The number of anilines is 1. The van der Waals surface area contributed by atoms with Crippen molar-refractivity contribution in [1.29, 1.82) is 0 Å². The van der Waals surface area contributed by atoms with E-state index < -0.39 is 0 Å². The van der Waals surface area contributed by atoms with Gasteiger partial charge in [-0.25, -0.2) is 0 Å². The molecule has 0 spiro atoms. The Hall–Kier alpha value is -4.36. The molecule has 3 aromatic heterocycles. The molecule has 1 N–H and O–H groups in total. The summed E-state index contributed by atoms with van der Waals surface area (Å²) >= 11 is 5.89. The molecule has 0 unspecified atom stereocenters. The van der Waals surface area contributed by atoms with Crippen LogP contribution in [0, 0.1) is 6.92 Å². The fourth-order valence-corrected chi connectivity index (χ4v) is 5.16. The van der Waals surface area contributed by atoms with Crippen LogP contribution >= 0.6 is 12.2 Å². The Morgan fingerprint density at radius 1 is 0.946 bits per heavy atom. The zero-order valence-corrected chi connectivity index (χ0v) is 21.1. The molecule has 37 heavy (non-hydrogen) atoms. The highest BCUT2D eigenvalue weighted by Crippen LogP contribution is 2.42. The minimum atomic E-state index is -0.123. The van der Waals surface area contributed by atoms with E-state index in [2.05, 4.69) is 50.2 Å². The fraction of sp³-hybridized carbons (Fsp3) is 0.133. The molecule has 1 aliphatic rings. The second-order valence-corrected chi connectivity index (χ2v) is 9.39. The van der Waals surface area contributed by atoms with E-state index in [-0.39, 0.29) is 12.1 Å². The number of hydrogen-bond acceptors (Lipinski definition) is 4. The first-order valence-corrected chi connectivity index (χ1v) is 12.6. The van der Waals surface area contributed by atoms with Crippen LogP contribution < -0.4 is 15.0 Å². The van der Waals surface area contributed by atoms with Gasteiger partial charge in [0, 0.05) is 23.8 Å². The molecule has 0 aliphatic carbocycles. The number of para-hydroxylation sites is 1. The minimum Gasteiger partial charge on any atom is -0.467 e. The van der Waals surface area contributed by atoms with Crippen LogP contribution in [0.1, 0.15) is 34.8 Å². The summed E-state index contributed by atoms with van der Waals surface area (Å²) in [6.45, 7) is 2.67. The molecule has 7 heteroatoms. The Labute approximate surface area is 221 Å². The van der Waals surface area contributed by atoms with Gasteiger partial charge in [-0.15, -0.1) is 0 Å². The van der Waals surface area contributed by atoms with Gasteiger partial charge in [0.25, 0.3) is 0 Å². The van der Waals surface area contributed by atoms with Gasteiger partial charge in [-0.3, -0.25) is 4.98 Å². The van der Waals surface area contributed by atoms with Crippen LogP contribution in [0.5, 0.6) is 11.5 Å². The van der Waals surface area contributed by atoms with Gasteiger partial charge >= 0.3 is 0 Å². The third-order valence-corrected chi connectivity index (χ3v) is 6.92. The number of aryl methyl sites for hydroxylation is 1. The molecule has 5 aromatic rings. The molecule has 1 aliphatic heterocycles. The molecule has 0 saturated carbocycles. The lowest BCUT2D eigenvalue weighted by Gasteiger charge is -2.29. The van der Waals surface area contributed by atoms with Gasteiger partial charge in [0.15, 0.2) is 5.11 Å². The molecule has 1 saturated heterocycles. The fourth-order valence-electron chi connectivity index (χ4n) is 4.82. The van der Waals surface area contributed by atoms with Crippen molar-refractivity contribution >= 4 is 23.0 Å². The second kappa shape index (κ2) is 9.95. The van der Waals surface area contributed by atoms with Crippen LogP contribution in [0.15, 0.2) is 114 Å². The highest BCUT2D eigenvalue weighted by Gasteiger charge is 2.42. The lowest BCUT2D eigenvalue weighted by Crippen LogP contribution is -2.30. The number of pyridine rings is 1. The zero-order chi connectivity index (χ0) is 25.2. The molecular formula is C30H26N4O2S. The van der Waals surface area contributed by atoms with Crippen LogP contribution in [0.2, 0.25) is 0 Å². The smallest absolute Gasteiger partial charge is 0.174 e. The van der Waals surface area contributed by atoms with Crippen LogP contribution in [-0.2, 0) is 6.54 Å². The number of ether oxygens (including phenoxy) is 1. The van der Waals surface area contributed by atoms with Gasteiger partial charge in [-0.2, -0.15) is 0 Å². The van der Waals surface area contributed by atoms with Crippen molar-refractivity contribution < 1.29 is 9.15 Å². The van der Waals surface area contributed by atoms with Gasteiger partial charge in [-0.1, -0.05) is 24.3 Å². The summed E-state index contributed by atoms with van der Waals surface area (Å²) in [5, 5.41) is 4.18. The standard InChI is InChI=1S/C30H26N4O2S/c1-21-8-2-3-12-27(21)36-23-15-13-22(14-16-23)34-29(28(32-30(34)37)25-10-4-5-17-31-25)26-11-6-18-33(26)20-24-9-7-19-35-24/h2-19,28-29H,20H2,1H3,(H,32,37)/t28-,29-/m1/s1. The molecule has 0 bridgehead atoms. The third-order valence-electron chi connectivity index (χ3n) is 6.61. The number of nitrogens with one attached hydrogen (secondary N) is 1. The highest BCUT2D eigenvalue weighted by atomic mass is 32.1. The summed E-state index contributed by atoms with van der Waals surface area (Å²) in [5.41, 5.74) is 4.11. The molecular weight excluding hydrogens is 480 g/mol. The summed E-state index contributed by atoms with van der Waals surface area (Å²) < 4.78 is 14.0. The Balaban J connectivity index is 1.36. The minimum absolute atomic E-state index is 0.115. The normalized spacial score (nSPS) is 17.1. The molecule has 6 nitrogen and oxygen atoms in total. The predicted molar refractivity (Wildman–Crippen MR) is 148 cm³/mol. The highest BCUT2D eigenvalue weighted by molar-refractivity contribution is 7.80.